The molecule has 0 radical (unpaired) electrons. The first-order valence-corrected chi connectivity index (χ1v) is 22.6. The van der Waals surface area contributed by atoms with E-state index in [1.807, 2.05) is 0 Å². The second-order valence-electron chi connectivity index (χ2n) is 21.2. The lowest BCUT2D eigenvalue weighted by Crippen LogP contribution is -2.57. The van der Waals surface area contributed by atoms with Gasteiger partial charge in [0.2, 0.25) is 0 Å². The largest absolute Gasteiger partial charge is 0.457 e. The third kappa shape index (κ3) is 4.98. The molecule has 7 aliphatic rings. The number of ether oxygens (including phenoxy) is 1. The first kappa shape index (κ1) is 35.8. The van der Waals surface area contributed by atoms with Gasteiger partial charge < -0.3 is 9.64 Å². The third-order valence-electron chi connectivity index (χ3n) is 16.8. The van der Waals surface area contributed by atoms with Crippen molar-refractivity contribution < 1.29 is 4.74 Å². The van der Waals surface area contributed by atoms with Crippen molar-refractivity contribution in [3.63, 3.8) is 0 Å². The Hall–Kier alpha value is -5.08. The zero-order chi connectivity index (χ0) is 40.1. The van der Waals surface area contributed by atoms with Gasteiger partial charge in [0.15, 0.2) is 0 Å². The number of fused-ring (bicyclic) bond motifs is 6. The van der Waals surface area contributed by atoms with E-state index in [9.17, 15) is 0 Å². The average Bonchev–Trinajstić information content (AvgIpc) is 3.46. The summed E-state index contributed by atoms with van der Waals surface area (Å²) in [6.07, 6.45) is 9.24. The van der Waals surface area contributed by atoms with E-state index in [-0.39, 0.29) is 21.7 Å². The van der Waals surface area contributed by atoms with Gasteiger partial charge in [0.1, 0.15) is 11.5 Å². The van der Waals surface area contributed by atoms with Crippen LogP contribution < -0.4 is 9.64 Å². The van der Waals surface area contributed by atoms with Crippen molar-refractivity contribution >= 4 is 17.1 Å². The van der Waals surface area contributed by atoms with Gasteiger partial charge in [-0.2, -0.15) is 0 Å². The lowest BCUT2D eigenvalue weighted by atomic mass is 9.41. The summed E-state index contributed by atoms with van der Waals surface area (Å²) < 4.78 is 6.89. The second-order valence-corrected chi connectivity index (χ2v) is 21.2. The summed E-state index contributed by atoms with van der Waals surface area (Å²) in [7, 11) is 0. The highest BCUT2D eigenvalue weighted by atomic mass is 16.5. The number of nitrogens with zero attached hydrogens (tertiary/aromatic N) is 1. The molecule has 6 aromatic rings. The van der Waals surface area contributed by atoms with Crippen molar-refractivity contribution in [2.24, 2.45) is 23.7 Å². The molecular weight excluding hydrogens is 715 g/mol. The van der Waals surface area contributed by atoms with E-state index in [1.165, 1.54) is 118 Å². The number of hydrogen-bond acceptors (Lipinski definition) is 2. The highest BCUT2D eigenvalue weighted by molar-refractivity contribution is 5.87. The summed E-state index contributed by atoms with van der Waals surface area (Å²) in [4.78, 5) is 2.53. The zero-order valence-corrected chi connectivity index (χ0v) is 35.7. The van der Waals surface area contributed by atoms with Gasteiger partial charge in [-0.15, -0.1) is 0 Å². The monoisotopic (exact) mass is 771 g/mol. The summed E-state index contributed by atoms with van der Waals surface area (Å²) in [6.45, 7) is 14.5. The van der Waals surface area contributed by atoms with E-state index in [1.54, 1.807) is 0 Å². The molecule has 13 rings (SSSR count). The van der Waals surface area contributed by atoms with Crippen LogP contribution in [0.1, 0.15) is 120 Å². The van der Waals surface area contributed by atoms with E-state index in [2.05, 4.69) is 174 Å². The average molecular weight is 772 g/mol. The summed E-state index contributed by atoms with van der Waals surface area (Å²) >= 11 is 0. The van der Waals surface area contributed by atoms with E-state index in [0.29, 0.717) is 11.8 Å². The Balaban J connectivity index is 1.01. The van der Waals surface area contributed by atoms with Gasteiger partial charge in [0, 0.05) is 39.0 Å². The van der Waals surface area contributed by atoms with Gasteiger partial charge in [-0.05, 0) is 172 Å². The molecule has 296 valence electrons. The molecule has 4 fully saturated rings. The maximum absolute atomic E-state index is 6.89. The Morgan fingerprint density at radius 2 is 1.02 bits per heavy atom. The van der Waals surface area contributed by atoms with Crippen LogP contribution in [-0.2, 0) is 21.7 Å². The summed E-state index contributed by atoms with van der Waals surface area (Å²) in [5.41, 5.74) is 17.8. The fraction of sp³-hybridized carbons (Fsp3) is 0.368. The Morgan fingerprint density at radius 3 is 1.75 bits per heavy atom. The summed E-state index contributed by atoms with van der Waals surface area (Å²) in [5, 5.41) is 0. The molecule has 59 heavy (non-hydrogen) atoms. The van der Waals surface area contributed by atoms with Crippen LogP contribution in [0.15, 0.2) is 127 Å². The maximum atomic E-state index is 6.89. The van der Waals surface area contributed by atoms with Gasteiger partial charge in [-0.25, -0.2) is 0 Å². The lowest BCUT2D eigenvalue weighted by molar-refractivity contribution is -0.0449. The molecule has 1 spiro atoms. The fourth-order valence-corrected chi connectivity index (χ4v) is 14.0. The highest BCUT2D eigenvalue weighted by Gasteiger charge is 2.62. The molecule has 0 saturated heterocycles. The number of para-hydroxylation sites is 1. The summed E-state index contributed by atoms with van der Waals surface area (Å²) in [5.74, 6) is 5.24. The van der Waals surface area contributed by atoms with Crippen LogP contribution >= 0.6 is 0 Å². The number of anilines is 3. The Morgan fingerprint density at radius 1 is 0.458 bits per heavy atom. The minimum atomic E-state index is -0.0830. The van der Waals surface area contributed by atoms with Crippen LogP contribution in [0.3, 0.4) is 0 Å². The minimum Gasteiger partial charge on any atom is -0.457 e. The predicted molar refractivity (Wildman–Crippen MR) is 244 cm³/mol. The minimum absolute atomic E-state index is 0.00257. The Kier molecular flexibility index (Phi) is 7.44. The van der Waals surface area contributed by atoms with Crippen LogP contribution in [0, 0.1) is 23.7 Å². The first-order valence-electron chi connectivity index (χ1n) is 22.6. The third-order valence-corrected chi connectivity index (χ3v) is 16.8. The van der Waals surface area contributed by atoms with E-state index < -0.39 is 0 Å². The molecule has 0 N–H and O–H groups in total. The molecule has 0 atom stereocenters. The predicted octanol–water partition coefficient (Wildman–Crippen LogP) is 15.3. The van der Waals surface area contributed by atoms with Crippen LogP contribution in [0.5, 0.6) is 11.5 Å². The first-order chi connectivity index (χ1) is 28.4. The van der Waals surface area contributed by atoms with Crippen molar-refractivity contribution in [1.82, 2.24) is 0 Å². The zero-order valence-electron chi connectivity index (χ0n) is 35.7. The summed E-state index contributed by atoms with van der Waals surface area (Å²) in [6, 6.07) is 49.1. The van der Waals surface area contributed by atoms with Crippen molar-refractivity contribution in [2.45, 2.75) is 108 Å². The van der Waals surface area contributed by atoms with Crippen molar-refractivity contribution in [3.8, 4) is 33.8 Å². The van der Waals surface area contributed by atoms with Gasteiger partial charge in [0.05, 0.1) is 0 Å². The number of rotatable bonds is 4. The number of hydrogen-bond donors (Lipinski definition) is 0. The Bertz CT molecular complexity index is 2660. The van der Waals surface area contributed by atoms with Crippen LogP contribution in [0.25, 0.3) is 22.3 Å². The molecule has 6 aliphatic carbocycles. The van der Waals surface area contributed by atoms with E-state index in [4.69, 9.17) is 4.74 Å². The molecule has 4 bridgehead atoms. The molecule has 6 aromatic carbocycles. The second kappa shape index (κ2) is 12.2. The van der Waals surface area contributed by atoms with Gasteiger partial charge in [-0.1, -0.05) is 120 Å². The molecular formula is C57H57NO. The number of benzene rings is 6. The topological polar surface area (TPSA) is 12.5 Å². The molecule has 0 amide bonds. The molecule has 0 unspecified atom stereocenters. The van der Waals surface area contributed by atoms with Crippen LogP contribution in [-0.4, -0.2) is 0 Å². The Labute approximate surface area is 351 Å². The molecule has 1 aliphatic heterocycles. The normalized spacial score (nSPS) is 26.6. The van der Waals surface area contributed by atoms with Crippen molar-refractivity contribution in [3.05, 3.63) is 161 Å². The molecule has 0 aromatic heterocycles. The van der Waals surface area contributed by atoms with Crippen molar-refractivity contribution in [1.29, 1.82) is 0 Å². The smallest absolute Gasteiger partial charge is 0.132 e. The molecule has 4 saturated carbocycles. The fourth-order valence-electron chi connectivity index (χ4n) is 14.0. The highest BCUT2D eigenvalue weighted by Crippen LogP contribution is 2.70. The quantitative estimate of drug-likeness (QED) is 0.177. The van der Waals surface area contributed by atoms with Gasteiger partial charge in [-0.3, -0.25) is 0 Å². The van der Waals surface area contributed by atoms with E-state index >= 15 is 0 Å². The van der Waals surface area contributed by atoms with E-state index in [0.717, 1.165) is 23.3 Å². The van der Waals surface area contributed by atoms with Crippen LogP contribution in [0.4, 0.5) is 17.1 Å². The molecule has 2 nitrogen and oxygen atoms in total. The standard InChI is InChI=1S/C57H57NO/c1-54(2)26-27-55(3,4)50-34-42(23-25-47(50)54)58(41-22-24-45-44-12-7-8-14-46(44)56(5,6)49(45)33-41)40-20-18-37(19-21-40)43-13-11-17-52-53(43)57(48-15-9-10-16-51(48)59-52)38-29-35-28-36(31-38)32-39(57)30-35/h7-25,33-36,38-39H,26-32H2,1-6H3. The van der Waals surface area contributed by atoms with Crippen molar-refractivity contribution in [2.75, 3.05) is 4.90 Å². The maximum Gasteiger partial charge on any atom is 0.132 e. The molecule has 1 heterocycles. The van der Waals surface area contributed by atoms with Gasteiger partial charge >= 0.3 is 0 Å². The SMILES string of the molecule is CC1(C)CCC(C)(C)c2cc(N(c3ccc(-c4cccc5c4C4(c6ccccc6O5)C5CC6CC(C5)CC4C6)cc3)c3ccc4c(c3)C(C)(C)c3ccccc3-4)ccc21. The van der Waals surface area contributed by atoms with Crippen LogP contribution in [0.2, 0.25) is 0 Å². The lowest BCUT2D eigenvalue weighted by Gasteiger charge is -2.63. The molecule has 2 heteroatoms. The van der Waals surface area contributed by atoms with Gasteiger partial charge in [0.25, 0.3) is 0 Å².